The van der Waals surface area contributed by atoms with Gasteiger partial charge in [0.1, 0.15) is 5.82 Å². The lowest BCUT2D eigenvalue weighted by atomic mass is 9.84. The average Bonchev–Trinajstić information content (AvgIpc) is 2.41. The summed E-state index contributed by atoms with van der Waals surface area (Å²) < 4.78 is 14.0. The number of nitrogens with zero attached hydrogens (tertiary/aromatic N) is 1. The third-order valence-corrected chi connectivity index (χ3v) is 4.39. The summed E-state index contributed by atoms with van der Waals surface area (Å²) >= 11 is 0. The molecule has 0 spiro atoms. The SMILES string of the molecule is CNCc1c(F)cccc1N(C)C1CCCCC1C. The van der Waals surface area contributed by atoms with E-state index in [9.17, 15) is 4.39 Å². The molecule has 0 aromatic heterocycles. The fourth-order valence-electron chi connectivity index (χ4n) is 3.28. The van der Waals surface area contributed by atoms with Crippen LogP contribution in [0.1, 0.15) is 38.2 Å². The van der Waals surface area contributed by atoms with Crippen molar-refractivity contribution in [3.8, 4) is 0 Å². The minimum absolute atomic E-state index is 0.109. The quantitative estimate of drug-likeness (QED) is 0.894. The van der Waals surface area contributed by atoms with Gasteiger partial charge in [-0.2, -0.15) is 0 Å². The van der Waals surface area contributed by atoms with E-state index in [0.717, 1.165) is 11.3 Å². The van der Waals surface area contributed by atoms with Crippen LogP contribution in [0.25, 0.3) is 0 Å². The Hall–Kier alpha value is -1.09. The summed E-state index contributed by atoms with van der Waals surface area (Å²) in [5.41, 5.74) is 1.82. The van der Waals surface area contributed by atoms with Crippen LogP contribution in [0.2, 0.25) is 0 Å². The highest BCUT2D eigenvalue weighted by Gasteiger charge is 2.26. The Morgan fingerprint density at radius 3 is 2.74 bits per heavy atom. The highest BCUT2D eigenvalue weighted by molar-refractivity contribution is 5.54. The van der Waals surface area contributed by atoms with E-state index in [0.29, 0.717) is 18.5 Å². The van der Waals surface area contributed by atoms with Crippen molar-refractivity contribution < 1.29 is 4.39 Å². The number of hydrogen-bond donors (Lipinski definition) is 1. The first-order valence-corrected chi connectivity index (χ1v) is 7.30. The van der Waals surface area contributed by atoms with Gasteiger partial charge in [-0.05, 0) is 37.9 Å². The van der Waals surface area contributed by atoms with Crippen LogP contribution < -0.4 is 10.2 Å². The second-order valence-corrected chi connectivity index (χ2v) is 5.71. The van der Waals surface area contributed by atoms with Crippen LogP contribution >= 0.6 is 0 Å². The third kappa shape index (κ3) is 3.08. The van der Waals surface area contributed by atoms with Gasteiger partial charge < -0.3 is 10.2 Å². The maximum Gasteiger partial charge on any atom is 0.129 e. The Morgan fingerprint density at radius 1 is 1.32 bits per heavy atom. The van der Waals surface area contributed by atoms with Gasteiger partial charge in [-0.25, -0.2) is 4.39 Å². The summed E-state index contributed by atoms with van der Waals surface area (Å²) in [5, 5.41) is 3.07. The van der Waals surface area contributed by atoms with Crippen molar-refractivity contribution >= 4 is 5.69 Å². The second kappa shape index (κ2) is 6.38. The summed E-state index contributed by atoms with van der Waals surface area (Å²) in [6.45, 7) is 2.89. The fourth-order valence-corrected chi connectivity index (χ4v) is 3.28. The van der Waals surface area contributed by atoms with Crippen molar-refractivity contribution in [1.29, 1.82) is 0 Å². The van der Waals surface area contributed by atoms with E-state index in [4.69, 9.17) is 0 Å². The zero-order valence-electron chi connectivity index (χ0n) is 12.2. The highest BCUT2D eigenvalue weighted by Crippen LogP contribution is 2.32. The Bertz CT molecular complexity index is 419. The number of halogens is 1. The minimum atomic E-state index is -0.109. The first-order chi connectivity index (χ1) is 9.15. The van der Waals surface area contributed by atoms with Crippen LogP contribution in [0.4, 0.5) is 10.1 Å². The molecule has 1 aliphatic carbocycles. The monoisotopic (exact) mass is 264 g/mol. The highest BCUT2D eigenvalue weighted by atomic mass is 19.1. The molecule has 0 bridgehead atoms. The van der Waals surface area contributed by atoms with Crippen molar-refractivity contribution in [3.63, 3.8) is 0 Å². The molecule has 106 valence electrons. The van der Waals surface area contributed by atoms with Crippen molar-refractivity contribution in [1.82, 2.24) is 5.32 Å². The summed E-state index contributed by atoms with van der Waals surface area (Å²) in [6.07, 6.45) is 5.12. The molecule has 19 heavy (non-hydrogen) atoms. The van der Waals surface area contributed by atoms with Crippen LogP contribution in [0.15, 0.2) is 18.2 Å². The van der Waals surface area contributed by atoms with E-state index in [1.54, 1.807) is 6.07 Å². The van der Waals surface area contributed by atoms with Gasteiger partial charge in [-0.15, -0.1) is 0 Å². The molecule has 1 fully saturated rings. The molecule has 2 unspecified atom stereocenters. The number of benzene rings is 1. The lowest BCUT2D eigenvalue weighted by molar-refractivity contribution is 0.321. The number of nitrogens with one attached hydrogen (secondary N) is 1. The molecule has 1 aromatic rings. The largest absolute Gasteiger partial charge is 0.371 e. The molecule has 0 heterocycles. The van der Waals surface area contributed by atoms with Crippen LogP contribution in [-0.4, -0.2) is 20.1 Å². The fraction of sp³-hybridized carbons (Fsp3) is 0.625. The zero-order chi connectivity index (χ0) is 13.8. The van der Waals surface area contributed by atoms with Gasteiger partial charge in [-0.3, -0.25) is 0 Å². The van der Waals surface area contributed by atoms with E-state index >= 15 is 0 Å². The number of hydrogen-bond acceptors (Lipinski definition) is 2. The first kappa shape index (κ1) is 14.3. The van der Waals surface area contributed by atoms with E-state index in [-0.39, 0.29) is 5.82 Å². The smallest absolute Gasteiger partial charge is 0.129 e. The Labute approximate surface area is 116 Å². The molecule has 0 amide bonds. The van der Waals surface area contributed by atoms with Crippen LogP contribution in [0.5, 0.6) is 0 Å². The van der Waals surface area contributed by atoms with Gasteiger partial charge in [0.25, 0.3) is 0 Å². The number of anilines is 1. The van der Waals surface area contributed by atoms with Gasteiger partial charge >= 0.3 is 0 Å². The molecule has 1 aromatic carbocycles. The maximum absolute atomic E-state index is 14.0. The molecule has 0 saturated heterocycles. The molecule has 1 saturated carbocycles. The molecule has 1 aliphatic rings. The summed E-state index contributed by atoms with van der Waals surface area (Å²) in [7, 11) is 3.97. The molecular weight excluding hydrogens is 239 g/mol. The van der Waals surface area contributed by atoms with E-state index < -0.39 is 0 Å². The van der Waals surface area contributed by atoms with E-state index in [1.165, 1.54) is 25.7 Å². The van der Waals surface area contributed by atoms with Crippen molar-refractivity contribution in [2.24, 2.45) is 5.92 Å². The van der Waals surface area contributed by atoms with Gasteiger partial charge in [-0.1, -0.05) is 25.8 Å². The van der Waals surface area contributed by atoms with Crippen molar-refractivity contribution in [2.75, 3.05) is 19.0 Å². The van der Waals surface area contributed by atoms with Gasteiger partial charge in [0.05, 0.1) is 0 Å². The Morgan fingerprint density at radius 2 is 2.05 bits per heavy atom. The topological polar surface area (TPSA) is 15.3 Å². The molecule has 0 aliphatic heterocycles. The summed E-state index contributed by atoms with van der Waals surface area (Å²) in [4.78, 5) is 2.29. The summed E-state index contributed by atoms with van der Waals surface area (Å²) in [5.74, 6) is 0.576. The molecule has 2 rings (SSSR count). The van der Waals surface area contributed by atoms with E-state index in [1.807, 2.05) is 19.2 Å². The molecule has 2 nitrogen and oxygen atoms in total. The van der Waals surface area contributed by atoms with Crippen LogP contribution in [-0.2, 0) is 6.54 Å². The van der Waals surface area contributed by atoms with Crippen molar-refractivity contribution in [3.05, 3.63) is 29.6 Å². The Balaban J connectivity index is 2.27. The van der Waals surface area contributed by atoms with E-state index in [2.05, 4.69) is 24.2 Å². The lowest BCUT2D eigenvalue weighted by Crippen LogP contribution is -2.39. The van der Waals surface area contributed by atoms with Gasteiger partial charge in [0.2, 0.25) is 0 Å². The summed E-state index contributed by atoms with van der Waals surface area (Å²) in [6, 6.07) is 5.94. The van der Waals surface area contributed by atoms with Crippen molar-refractivity contribution in [2.45, 2.75) is 45.2 Å². The molecule has 2 atom stereocenters. The minimum Gasteiger partial charge on any atom is -0.371 e. The van der Waals surface area contributed by atoms with Crippen LogP contribution in [0, 0.1) is 11.7 Å². The molecule has 0 radical (unpaired) electrons. The molecule has 3 heteroatoms. The van der Waals surface area contributed by atoms with Gasteiger partial charge in [0.15, 0.2) is 0 Å². The lowest BCUT2D eigenvalue weighted by Gasteiger charge is -2.38. The molecular formula is C16H25FN2. The first-order valence-electron chi connectivity index (χ1n) is 7.30. The standard InChI is InChI=1S/C16H25FN2/c1-12-7-4-5-9-15(12)19(3)16-10-6-8-14(17)13(16)11-18-2/h6,8,10,12,15,18H,4-5,7,9,11H2,1-3H3. The van der Waals surface area contributed by atoms with Gasteiger partial charge in [0, 0.05) is 30.9 Å². The third-order valence-electron chi connectivity index (χ3n) is 4.39. The predicted molar refractivity (Wildman–Crippen MR) is 79.0 cm³/mol. The predicted octanol–water partition coefficient (Wildman–Crippen LogP) is 3.56. The number of rotatable bonds is 4. The maximum atomic E-state index is 14.0. The average molecular weight is 264 g/mol. The van der Waals surface area contributed by atoms with Crippen LogP contribution in [0.3, 0.4) is 0 Å². The Kier molecular flexibility index (Phi) is 4.81. The zero-order valence-corrected chi connectivity index (χ0v) is 12.2. The second-order valence-electron chi connectivity index (χ2n) is 5.71. The molecule has 1 N–H and O–H groups in total. The normalized spacial score (nSPS) is 23.4.